The summed E-state index contributed by atoms with van der Waals surface area (Å²) in [4.78, 5) is 0. The summed E-state index contributed by atoms with van der Waals surface area (Å²) in [6, 6.07) is 0. The van der Waals surface area contributed by atoms with Crippen molar-refractivity contribution in [2.24, 2.45) is 0 Å². The molecule has 100 valence electrons. The Kier molecular flexibility index (Phi) is 13.2. The van der Waals surface area contributed by atoms with Crippen molar-refractivity contribution in [2.45, 2.75) is 12.8 Å². The summed E-state index contributed by atoms with van der Waals surface area (Å²) in [5.41, 5.74) is 0. The van der Waals surface area contributed by atoms with Crippen LogP contribution < -0.4 is 34.0 Å². The Bertz CT molecular complexity index is 174. The largest absolute Gasteiger partial charge is 1.00 e. The van der Waals surface area contributed by atoms with E-state index in [1.165, 1.54) is 26.1 Å². The molecule has 16 heavy (non-hydrogen) atoms. The van der Waals surface area contributed by atoms with Crippen LogP contribution in [0.2, 0.25) is 0 Å². The Morgan fingerprint density at radius 3 is 1.75 bits per heavy atom. The summed E-state index contributed by atoms with van der Waals surface area (Å²) in [6.07, 6.45) is 4.42. The lowest BCUT2D eigenvalue weighted by molar-refractivity contribution is -0.937. The first-order chi connectivity index (χ1) is 6.27. The Labute approximate surface area is 123 Å². The number of halogens is 2. The number of hydrogen-bond acceptors (Lipinski definition) is 0. The molecule has 0 aliphatic heterocycles. The molecule has 0 heterocycles. The number of quaternary nitrogens is 2. The van der Waals surface area contributed by atoms with E-state index >= 15 is 0 Å². The Hall–Kier alpha value is 0.620. The summed E-state index contributed by atoms with van der Waals surface area (Å²) in [6.45, 7) is 7.50. The zero-order valence-corrected chi connectivity index (χ0v) is 14.6. The average molecular weight is 360 g/mol. The van der Waals surface area contributed by atoms with Gasteiger partial charge < -0.3 is 42.9 Å². The monoisotopic (exact) mass is 358 g/mol. The van der Waals surface area contributed by atoms with Gasteiger partial charge in [-0.2, -0.15) is 0 Å². The van der Waals surface area contributed by atoms with Crippen LogP contribution in [0, 0.1) is 0 Å². The maximum Gasteiger partial charge on any atom is 0.128 e. The summed E-state index contributed by atoms with van der Waals surface area (Å²) < 4.78 is 2.19. The van der Waals surface area contributed by atoms with E-state index < -0.39 is 0 Å². The van der Waals surface area contributed by atoms with Gasteiger partial charge in [0.05, 0.1) is 41.8 Å². The molecule has 2 nitrogen and oxygen atoms in total. The lowest BCUT2D eigenvalue weighted by atomic mass is 10.2. The zero-order valence-electron chi connectivity index (χ0n) is 11.5. The number of rotatable bonds is 7. The standard InChI is InChI=1S/C12H28N2.2BrH/c1-7-8-9-10-14(5,6)12-11-13(2,3)4;;/h7H,1,8-12H2,2-6H3;2*1H/q+2;;/p-2. The minimum absolute atomic E-state index is 0. The summed E-state index contributed by atoms with van der Waals surface area (Å²) in [5.74, 6) is 0. The molecule has 0 saturated heterocycles. The fraction of sp³-hybridized carbons (Fsp3) is 0.833. The Morgan fingerprint density at radius 2 is 1.38 bits per heavy atom. The minimum atomic E-state index is 0. The van der Waals surface area contributed by atoms with Crippen LogP contribution in [0.4, 0.5) is 0 Å². The van der Waals surface area contributed by atoms with Gasteiger partial charge in [-0.1, -0.05) is 6.08 Å². The lowest BCUT2D eigenvalue weighted by Gasteiger charge is -2.33. The molecule has 4 heteroatoms. The van der Waals surface area contributed by atoms with Gasteiger partial charge in [0.15, 0.2) is 0 Å². The van der Waals surface area contributed by atoms with Crippen molar-refractivity contribution in [1.82, 2.24) is 0 Å². The molecular weight excluding hydrogens is 332 g/mol. The van der Waals surface area contributed by atoms with E-state index in [4.69, 9.17) is 0 Å². The van der Waals surface area contributed by atoms with Gasteiger partial charge in [0, 0.05) is 0 Å². The van der Waals surface area contributed by atoms with Crippen LogP contribution in [-0.2, 0) is 0 Å². The first-order valence-corrected chi connectivity index (χ1v) is 5.50. The van der Waals surface area contributed by atoms with Gasteiger partial charge in [0.2, 0.25) is 0 Å². The third kappa shape index (κ3) is 14.6. The first-order valence-electron chi connectivity index (χ1n) is 5.50. The quantitative estimate of drug-likeness (QED) is 0.245. The Balaban J connectivity index is -0.000000845. The fourth-order valence-electron chi connectivity index (χ4n) is 1.35. The normalized spacial score (nSPS) is 11.3. The molecule has 0 unspecified atom stereocenters. The summed E-state index contributed by atoms with van der Waals surface area (Å²) in [7, 11) is 11.4. The third-order valence-corrected chi connectivity index (χ3v) is 2.55. The van der Waals surface area contributed by atoms with E-state index in [1.807, 2.05) is 6.08 Å². The van der Waals surface area contributed by atoms with E-state index in [-0.39, 0.29) is 34.0 Å². The molecule has 0 aliphatic carbocycles. The van der Waals surface area contributed by atoms with Crippen LogP contribution in [0.1, 0.15) is 12.8 Å². The van der Waals surface area contributed by atoms with Gasteiger partial charge >= 0.3 is 0 Å². The maximum absolute atomic E-state index is 3.76. The summed E-state index contributed by atoms with van der Waals surface area (Å²) >= 11 is 0. The molecule has 0 aromatic carbocycles. The molecule has 0 N–H and O–H groups in total. The van der Waals surface area contributed by atoms with Crippen molar-refractivity contribution >= 4 is 0 Å². The van der Waals surface area contributed by atoms with Crippen molar-refractivity contribution in [2.75, 3.05) is 54.9 Å². The second kappa shape index (κ2) is 9.63. The van der Waals surface area contributed by atoms with E-state index in [0.717, 1.165) is 15.4 Å². The molecule has 0 aromatic rings. The highest BCUT2D eigenvalue weighted by Gasteiger charge is 2.18. The van der Waals surface area contributed by atoms with E-state index in [2.05, 4.69) is 41.8 Å². The molecular formula is C12H28Br2N2. The number of hydrogen-bond donors (Lipinski definition) is 0. The lowest BCUT2D eigenvalue weighted by Crippen LogP contribution is -3.00. The number of allylic oxidation sites excluding steroid dienone is 1. The zero-order chi connectivity index (χ0) is 11.2. The van der Waals surface area contributed by atoms with Crippen molar-refractivity contribution in [3.8, 4) is 0 Å². The third-order valence-electron chi connectivity index (χ3n) is 2.55. The molecule has 0 amide bonds. The summed E-state index contributed by atoms with van der Waals surface area (Å²) in [5, 5.41) is 0. The molecule has 0 aliphatic rings. The van der Waals surface area contributed by atoms with Gasteiger partial charge in [-0.25, -0.2) is 0 Å². The molecule has 0 spiro atoms. The van der Waals surface area contributed by atoms with Crippen LogP contribution in [0.15, 0.2) is 12.7 Å². The molecule has 0 aromatic heterocycles. The van der Waals surface area contributed by atoms with Crippen LogP contribution >= 0.6 is 0 Å². The van der Waals surface area contributed by atoms with Crippen LogP contribution in [-0.4, -0.2) is 63.8 Å². The maximum atomic E-state index is 3.76. The van der Waals surface area contributed by atoms with Gasteiger partial charge in [0.1, 0.15) is 13.1 Å². The van der Waals surface area contributed by atoms with E-state index in [1.54, 1.807) is 0 Å². The highest BCUT2D eigenvalue weighted by Crippen LogP contribution is 2.03. The molecule has 0 rings (SSSR count). The fourth-order valence-corrected chi connectivity index (χ4v) is 1.35. The number of unbranched alkanes of at least 4 members (excludes halogenated alkanes) is 1. The SMILES string of the molecule is C=CCCC[N+](C)(C)CC[N+](C)(C)C.[Br-].[Br-]. The van der Waals surface area contributed by atoms with Gasteiger partial charge in [-0.05, 0) is 12.8 Å². The van der Waals surface area contributed by atoms with Crippen LogP contribution in [0.25, 0.3) is 0 Å². The second-order valence-electron chi connectivity index (χ2n) is 5.83. The van der Waals surface area contributed by atoms with Crippen molar-refractivity contribution in [3.63, 3.8) is 0 Å². The van der Waals surface area contributed by atoms with Crippen molar-refractivity contribution in [3.05, 3.63) is 12.7 Å². The van der Waals surface area contributed by atoms with Gasteiger partial charge in [0.25, 0.3) is 0 Å². The molecule has 0 radical (unpaired) electrons. The highest BCUT2D eigenvalue weighted by molar-refractivity contribution is 4.65. The topological polar surface area (TPSA) is 0 Å². The highest BCUT2D eigenvalue weighted by atomic mass is 79.9. The number of nitrogens with zero attached hydrogens (tertiary/aromatic N) is 2. The first kappa shape index (κ1) is 21.9. The van der Waals surface area contributed by atoms with Crippen LogP contribution in [0.5, 0.6) is 0 Å². The molecule has 0 atom stereocenters. The predicted octanol–water partition coefficient (Wildman–Crippen LogP) is -4.26. The molecule has 0 saturated carbocycles. The van der Waals surface area contributed by atoms with Crippen LogP contribution in [0.3, 0.4) is 0 Å². The molecule has 0 bridgehead atoms. The van der Waals surface area contributed by atoms with Crippen molar-refractivity contribution < 1.29 is 42.9 Å². The average Bonchev–Trinajstić information content (AvgIpc) is 2.00. The van der Waals surface area contributed by atoms with Gasteiger partial charge in [-0.3, -0.25) is 0 Å². The smallest absolute Gasteiger partial charge is 0.128 e. The molecule has 0 fully saturated rings. The number of likely N-dealkylation sites (N-methyl/N-ethyl adjacent to an activating group) is 2. The van der Waals surface area contributed by atoms with E-state index in [9.17, 15) is 0 Å². The van der Waals surface area contributed by atoms with Gasteiger partial charge in [-0.15, -0.1) is 6.58 Å². The minimum Gasteiger partial charge on any atom is -1.00 e. The second-order valence-corrected chi connectivity index (χ2v) is 5.83. The van der Waals surface area contributed by atoms with Crippen molar-refractivity contribution in [1.29, 1.82) is 0 Å². The predicted molar refractivity (Wildman–Crippen MR) is 64.2 cm³/mol. The van der Waals surface area contributed by atoms with E-state index in [0.29, 0.717) is 0 Å². The Morgan fingerprint density at radius 1 is 0.875 bits per heavy atom.